The van der Waals surface area contributed by atoms with Gasteiger partial charge in [-0.1, -0.05) is 30.3 Å². The van der Waals surface area contributed by atoms with Crippen LogP contribution in [0.25, 0.3) is 0 Å². The number of hydrogen-bond acceptors (Lipinski definition) is 5. The molecule has 0 radical (unpaired) electrons. The van der Waals surface area contributed by atoms with Gasteiger partial charge in [-0.05, 0) is 30.9 Å². The van der Waals surface area contributed by atoms with Gasteiger partial charge in [-0.25, -0.2) is 9.59 Å². The monoisotopic (exact) mass is 370 g/mol. The quantitative estimate of drug-likeness (QED) is 0.831. The number of rotatable bonds is 4. The van der Waals surface area contributed by atoms with Crippen molar-refractivity contribution in [2.45, 2.75) is 32.4 Å². The van der Waals surface area contributed by atoms with E-state index in [2.05, 4.69) is 5.32 Å². The van der Waals surface area contributed by atoms with E-state index < -0.39 is 23.9 Å². The van der Waals surface area contributed by atoms with Crippen LogP contribution in [0.4, 0.5) is 0 Å². The molecule has 0 aliphatic carbocycles. The van der Waals surface area contributed by atoms with E-state index in [1.54, 1.807) is 18.5 Å². The largest absolute Gasteiger partial charge is 0.465 e. The van der Waals surface area contributed by atoms with Gasteiger partial charge in [0.1, 0.15) is 18.3 Å². The Hall–Kier alpha value is -3.09. The first kappa shape index (κ1) is 18.7. The number of ether oxygens (including phenoxy) is 2. The normalized spacial score (nSPS) is 16.1. The highest BCUT2D eigenvalue weighted by molar-refractivity contribution is 6.02. The molecule has 142 valence electrons. The van der Waals surface area contributed by atoms with Gasteiger partial charge in [0.15, 0.2) is 0 Å². The second-order valence-corrected chi connectivity index (χ2v) is 6.50. The summed E-state index contributed by atoms with van der Waals surface area (Å²) in [5.41, 5.74) is 2.91. The van der Waals surface area contributed by atoms with E-state index in [-0.39, 0.29) is 6.61 Å². The number of hydrogen-bond donors (Lipinski definition) is 1. The predicted octanol–water partition coefficient (Wildman–Crippen LogP) is 1.91. The van der Waals surface area contributed by atoms with E-state index >= 15 is 0 Å². The minimum Gasteiger partial charge on any atom is -0.465 e. The molecule has 0 bridgehead atoms. The molecule has 7 nitrogen and oxygen atoms in total. The number of nitrogens with one attached hydrogen (secondary N) is 1. The van der Waals surface area contributed by atoms with Gasteiger partial charge in [-0.2, -0.15) is 0 Å². The van der Waals surface area contributed by atoms with Crippen LogP contribution in [0.5, 0.6) is 0 Å². The third kappa shape index (κ3) is 3.58. The summed E-state index contributed by atoms with van der Waals surface area (Å²) in [5.74, 6) is -1.37. The summed E-state index contributed by atoms with van der Waals surface area (Å²) >= 11 is 0. The molecule has 1 atom stereocenters. The fourth-order valence-electron chi connectivity index (χ4n) is 3.37. The molecule has 1 aromatic heterocycles. The summed E-state index contributed by atoms with van der Waals surface area (Å²) in [6.45, 7) is 1.91. The second-order valence-electron chi connectivity index (χ2n) is 6.50. The average molecular weight is 370 g/mol. The fourth-order valence-corrected chi connectivity index (χ4v) is 3.37. The number of nitrogens with zero attached hydrogens (tertiary/aromatic N) is 1. The Morgan fingerprint density at radius 1 is 1.26 bits per heavy atom. The maximum Gasteiger partial charge on any atom is 0.339 e. The summed E-state index contributed by atoms with van der Waals surface area (Å²) in [7, 11) is 3.02. The Bertz CT molecular complexity index is 886. The van der Waals surface area contributed by atoms with Crippen LogP contribution in [-0.4, -0.2) is 35.6 Å². The van der Waals surface area contributed by atoms with Crippen molar-refractivity contribution in [2.75, 3.05) is 7.11 Å². The fraction of sp³-hybridized carbons (Fsp3) is 0.350. The molecule has 1 aromatic carbocycles. The Labute approximate surface area is 157 Å². The number of fused-ring (bicyclic) bond motifs is 1. The van der Waals surface area contributed by atoms with Crippen LogP contribution in [0, 0.1) is 6.92 Å². The zero-order valence-corrected chi connectivity index (χ0v) is 15.6. The Morgan fingerprint density at radius 3 is 2.63 bits per heavy atom. The highest BCUT2D eigenvalue weighted by Crippen LogP contribution is 2.27. The lowest BCUT2D eigenvalue weighted by Crippen LogP contribution is -2.41. The summed E-state index contributed by atoms with van der Waals surface area (Å²) < 4.78 is 11.9. The van der Waals surface area contributed by atoms with Crippen LogP contribution in [0.1, 0.15) is 44.1 Å². The van der Waals surface area contributed by atoms with E-state index in [0.717, 1.165) is 5.56 Å². The van der Waals surface area contributed by atoms with Crippen molar-refractivity contribution in [1.29, 1.82) is 0 Å². The predicted molar refractivity (Wildman–Crippen MR) is 97.3 cm³/mol. The average Bonchev–Trinajstić information content (AvgIpc) is 2.81. The standard InChI is InChI=1S/C20H22N2O5/c1-12-16(20(25)26-3)14-9-10-15(21-18(23)17(14)22(12)2)19(24)27-11-13-7-5-4-6-8-13/h4-8,15H,9-11H2,1-3H3,(H,21,23). The van der Waals surface area contributed by atoms with Crippen LogP contribution < -0.4 is 5.32 Å². The molecule has 3 rings (SSSR count). The molecule has 27 heavy (non-hydrogen) atoms. The van der Waals surface area contributed by atoms with Gasteiger partial charge < -0.3 is 19.4 Å². The van der Waals surface area contributed by atoms with Crippen molar-refractivity contribution in [1.82, 2.24) is 9.88 Å². The highest BCUT2D eigenvalue weighted by atomic mass is 16.5. The summed E-state index contributed by atoms with van der Waals surface area (Å²) in [6.07, 6.45) is 0.741. The van der Waals surface area contributed by atoms with Crippen molar-refractivity contribution in [2.24, 2.45) is 7.05 Å². The van der Waals surface area contributed by atoms with Crippen molar-refractivity contribution in [3.8, 4) is 0 Å². The van der Waals surface area contributed by atoms with E-state index in [1.807, 2.05) is 30.3 Å². The van der Waals surface area contributed by atoms with Crippen LogP contribution in [0.3, 0.4) is 0 Å². The molecule has 1 aliphatic rings. The molecule has 1 aliphatic heterocycles. The number of esters is 2. The van der Waals surface area contributed by atoms with Gasteiger partial charge in [-0.3, -0.25) is 4.79 Å². The lowest BCUT2D eigenvalue weighted by atomic mass is 10.0. The molecule has 0 spiro atoms. The summed E-state index contributed by atoms with van der Waals surface area (Å²) in [4.78, 5) is 37.3. The third-order valence-electron chi connectivity index (χ3n) is 4.89. The minimum atomic E-state index is -0.764. The summed E-state index contributed by atoms with van der Waals surface area (Å²) in [5, 5.41) is 2.72. The number of benzene rings is 1. The van der Waals surface area contributed by atoms with Crippen molar-refractivity contribution in [3.63, 3.8) is 0 Å². The number of aromatic nitrogens is 1. The zero-order chi connectivity index (χ0) is 19.6. The van der Waals surface area contributed by atoms with Crippen LogP contribution in [-0.2, 0) is 34.3 Å². The molecule has 7 heteroatoms. The first-order valence-electron chi connectivity index (χ1n) is 8.72. The molecule has 0 saturated heterocycles. The topological polar surface area (TPSA) is 86.6 Å². The minimum absolute atomic E-state index is 0.144. The summed E-state index contributed by atoms with van der Waals surface area (Å²) in [6, 6.07) is 8.57. The van der Waals surface area contributed by atoms with Gasteiger partial charge in [-0.15, -0.1) is 0 Å². The van der Waals surface area contributed by atoms with Crippen molar-refractivity contribution >= 4 is 17.8 Å². The highest BCUT2D eigenvalue weighted by Gasteiger charge is 2.34. The number of methoxy groups -OCH3 is 1. The molecule has 2 aromatic rings. The lowest BCUT2D eigenvalue weighted by Gasteiger charge is -2.15. The number of carbonyl (C=O) groups excluding carboxylic acids is 3. The van der Waals surface area contributed by atoms with Gasteiger partial charge in [0, 0.05) is 12.7 Å². The smallest absolute Gasteiger partial charge is 0.339 e. The van der Waals surface area contributed by atoms with E-state index in [9.17, 15) is 14.4 Å². The Balaban J connectivity index is 1.78. The second kappa shape index (κ2) is 7.65. The Morgan fingerprint density at radius 2 is 1.96 bits per heavy atom. The number of carbonyl (C=O) groups is 3. The van der Waals surface area contributed by atoms with Crippen LogP contribution >= 0.6 is 0 Å². The first-order valence-corrected chi connectivity index (χ1v) is 8.72. The maximum absolute atomic E-state index is 12.7. The van der Waals surface area contributed by atoms with Gasteiger partial charge in [0.25, 0.3) is 5.91 Å². The molecule has 2 heterocycles. The number of amides is 1. The molecule has 1 unspecified atom stereocenters. The van der Waals surface area contributed by atoms with Crippen LogP contribution in [0.2, 0.25) is 0 Å². The molecular formula is C20H22N2O5. The van der Waals surface area contributed by atoms with E-state index in [4.69, 9.17) is 9.47 Å². The Kier molecular flexibility index (Phi) is 5.30. The third-order valence-corrected chi connectivity index (χ3v) is 4.89. The van der Waals surface area contributed by atoms with Gasteiger partial charge >= 0.3 is 11.9 Å². The van der Waals surface area contributed by atoms with Crippen molar-refractivity contribution in [3.05, 3.63) is 58.4 Å². The van der Waals surface area contributed by atoms with Crippen LogP contribution in [0.15, 0.2) is 30.3 Å². The lowest BCUT2D eigenvalue weighted by molar-refractivity contribution is -0.147. The van der Waals surface area contributed by atoms with Crippen molar-refractivity contribution < 1.29 is 23.9 Å². The van der Waals surface area contributed by atoms with E-state index in [0.29, 0.717) is 35.4 Å². The first-order chi connectivity index (χ1) is 12.9. The molecule has 1 amide bonds. The van der Waals surface area contributed by atoms with Gasteiger partial charge in [0.05, 0.1) is 12.7 Å². The van der Waals surface area contributed by atoms with Gasteiger partial charge in [0.2, 0.25) is 0 Å². The van der Waals surface area contributed by atoms with E-state index in [1.165, 1.54) is 7.11 Å². The SMILES string of the molecule is COC(=O)c1c2c(n(C)c1C)C(=O)NC(C(=O)OCc1ccccc1)CC2. The molecule has 0 fully saturated rings. The zero-order valence-electron chi connectivity index (χ0n) is 15.6. The molecule has 0 saturated carbocycles. The maximum atomic E-state index is 12.7. The molecular weight excluding hydrogens is 348 g/mol. The molecule has 1 N–H and O–H groups in total.